The predicted octanol–water partition coefficient (Wildman–Crippen LogP) is 3.47. The lowest BCUT2D eigenvalue weighted by molar-refractivity contribution is -0.121. The molecule has 0 saturated heterocycles. The number of aryl methyl sites for hydroxylation is 2. The highest BCUT2D eigenvalue weighted by Gasteiger charge is 2.22. The van der Waals surface area contributed by atoms with E-state index in [-0.39, 0.29) is 5.91 Å². The Bertz CT molecular complexity index is 926. The lowest BCUT2D eigenvalue weighted by atomic mass is 10.1. The van der Waals surface area contributed by atoms with E-state index in [1.807, 2.05) is 36.0 Å². The van der Waals surface area contributed by atoms with Crippen LogP contribution in [0.3, 0.4) is 0 Å². The second-order valence-corrected chi connectivity index (χ2v) is 7.37. The van der Waals surface area contributed by atoms with Gasteiger partial charge in [0.15, 0.2) is 5.82 Å². The number of hydrogen-bond donors (Lipinski definition) is 1. The van der Waals surface area contributed by atoms with Gasteiger partial charge in [0.1, 0.15) is 0 Å². The highest BCUT2D eigenvalue weighted by Crippen LogP contribution is 2.32. The van der Waals surface area contributed by atoms with Crippen molar-refractivity contribution in [3.8, 4) is 5.69 Å². The second-order valence-electron chi connectivity index (χ2n) is 7.37. The second kappa shape index (κ2) is 8.37. The molecule has 1 N–H and O–H groups in total. The van der Waals surface area contributed by atoms with Crippen LogP contribution in [0.5, 0.6) is 0 Å². The van der Waals surface area contributed by atoms with E-state index in [2.05, 4.69) is 26.6 Å². The maximum atomic E-state index is 12.2. The fourth-order valence-electron chi connectivity index (χ4n) is 3.66. The van der Waals surface area contributed by atoms with Crippen LogP contribution in [0.25, 0.3) is 5.69 Å². The number of benzene rings is 1. The lowest BCUT2D eigenvalue weighted by Crippen LogP contribution is -2.23. The molecule has 7 nitrogen and oxygen atoms in total. The van der Waals surface area contributed by atoms with Gasteiger partial charge in [0, 0.05) is 37.7 Å². The molecule has 2 aromatic heterocycles. The van der Waals surface area contributed by atoms with E-state index in [9.17, 15) is 4.79 Å². The quantitative estimate of drug-likeness (QED) is 0.679. The highest BCUT2D eigenvalue weighted by atomic mass is 16.5. The number of nitrogens with one attached hydrogen (secondary N) is 1. The van der Waals surface area contributed by atoms with Crippen LogP contribution >= 0.6 is 0 Å². The van der Waals surface area contributed by atoms with Crippen LogP contribution in [0, 0.1) is 6.92 Å². The number of aromatic nitrogens is 4. The first-order valence-corrected chi connectivity index (χ1v) is 9.88. The summed E-state index contributed by atoms with van der Waals surface area (Å²) in [6, 6.07) is 7.99. The molecule has 2 heterocycles. The molecule has 0 aliphatic heterocycles. The molecule has 0 atom stereocenters. The Labute approximate surface area is 164 Å². The maximum absolute atomic E-state index is 12.2. The van der Waals surface area contributed by atoms with Crippen molar-refractivity contribution < 1.29 is 9.32 Å². The molecule has 146 valence electrons. The van der Waals surface area contributed by atoms with Gasteiger partial charge < -0.3 is 9.84 Å². The summed E-state index contributed by atoms with van der Waals surface area (Å²) in [4.78, 5) is 16.7. The molecular formula is C21H25N5O2. The number of carbonyl (C=O) groups is 1. The van der Waals surface area contributed by atoms with Gasteiger partial charge in [-0.1, -0.05) is 24.1 Å². The molecule has 7 heteroatoms. The van der Waals surface area contributed by atoms with E-state index in [0.717, 1.165) is 35.5 Å². The Morgan fingerprint density at radius 3 is 2.93 bits per heavy atom. The summed E-state index contributed by atoms with van der Waals surface area (Å²) < 4.78 is 7.13. The topological polar surface area (TPSA) is 85.8 Å². The SMILES string of the molecule is Cc1cc(-n2cccn2)ccc1CNC(=O)CCc1nc(C2CCCC2)no1. The minimum Gasteiger partial charge on any atom is -0.352 e. The van der Waals surface area contributed by atoms with Gasteiger partial charge in [-0.2, -0.15) is 10.1 Å². The number of carbonyl (C=O) groups excluding carboxylic acids is 1. The number of hydrogen-bond acceptors (Lipinski definition) is 5. The van der Waals surface area contributed by atoms with Gasteiger partial charge in [0.05, 0.1) is 5.69 Å². The molecule has 1 aliphatic rings. The van der Waals surface area contributed by atoms with Crippen LogP contribution in [0.4, 0.5) is 0 Å². The van der Waals surface area contributed by atoms with Gasteiger partial charge in [-0.3, -0.25) is 4.79 Å². The van der Waals surface area contributed by atoms with Crippen LogP contribution in [0.15, 0.2) is 41.2 Å². The number of amides is 1. The van der Waals surface area contributed by atoms with Crippen LogP contribution in [0.1, 0.15) is 60.9 Å². The van der Waals surface area contributed by atoms with Gasteiger partial charge >= 0.3 is 0 Å². The average molecular weight is 379 g/mol. The first kappa shape index (κ1) is 18.4. The Morgan fingerprint density at radius 2 is 2.18 bits per heavy atom. The molecule has 1 fully saturated rings. The largest absolute Gasteiger partial charge is 0.352 e. The average Bonchev–Trinajstić information content (AvgIpc) is 3.47. The summed E-state index contributed by atoms with van der Waals surface area (Å²) >= 11 is 0. The van der Waals surface area contributed by atoms with Crippen molar-refractivity contribution in [1.82, 2.24) is 25.2 Å². The van der Waals surface area contributed by atoms with E-state index >= 15 is 0 Å². The lowest BCUT2D eigenvalue weighted by Gasteiger charge is -2.10. The van der Waals surface area contributed by atoms with Crippen molar-refractivity contribution in [3.63, 3.8) is 0 Å². The van der Waals surface area contributed by atoms with E-state index in [1.54, 1.807) is 6.20 Å². The molecule has 28 heavy (non-hydrogen) atoms. The molecule has 1 aromatic carbocycles. The zero-order chi connectivity index (χ0) is 19.3. The van der Waals surface area contributed by atoms with Gasteiger partial charge in [-0.15, -0.1) is 0 Å². The van der Waals surface area contributed by atoms with Crippen molar-refractivity contribution in [2.24, 2.45) is 0 Å². The summed E-state index contributed by atoms with van der Waals surface area (Å²) in [5, 5.41) is 11.3. The van der Waals surface area contributed by atoms with Crippen molar-refractivity contribution in [2.75, 3.05) is 0 Å². The van der Waals surface area contributed by atoms with E-state index in [0.29, 0.717) is 31.2 Å². The third-order valence-corrected chi connectivity index (χ3v) is 5.34. The third-order valence-electron chi connectivity index (χ3n) is 5.34. The van der Waals surface area contributed by atoms with Gasteiger partial charge in [-0.05, 0) is 49.1 Å². The first-order chi connectivity index (χ1) is 13.7. The molecule has 1 aliphatic carbocycles. The molecule has 4 rings (SSSR count). The van der Waals surface area contributed by atoms with Crippen molar-refractivity contribution in [2.45, 2.75) is 57.9 Å². The third kappa shape index (κ3) is 4.30. The first-order valence-electron chi connectivity index (χ1n) is 9.88. The zero-order valence-electron chi connectivity index (χ0n) is 16.1. The maximum Gasteiger partial charge on any atom is 0.227 e. The number of nitrogens with zero attached hydrogens (tertiary/aromatic N) is 4. The van der Waals surface area contributed by atoms with Gasteiger partial charge in [-0.25, -0.2) is 4.68 Å². The van der Waals surface area contributed by atoms with Crippen molar-refractivity contribution in [3.05, 3.63) is 59.5 Å². The highest BCUT2D eigenvalue weighted by molar-refractivity contribution is 5.76. The van der Waals surface area contributed by atoms with Crippen molar-refractivity contribution >= 4 is 5.91 Å². The predicted molar refractivity (Wildman–Crippen MR) is 104 cm³/mol. The molecular weight excluding hydrogens is 354 g/mol. The Kier molecular flexibility index (Phi) is 5.50. The molecule has 0 radical (unpaired) electrons. The summed E-state index contributed by atoms with van der Waals surface area (Å²) in [7, 11) is 0. The molecule has 0 bridgehead atoms. The fourth-order valence-corrected chi connectivity index (χ4v) is 3.66. The summed E-state index contributed by atoms with van der Waals surface area (Å²) in [6.45, 7) is 2.54. The van der Waals surface area contributed by atoms with Crippen molar-refractivity contribution in [1.29, 1.82) is 0 Å². The summed E-state index contributed by atoms with van der Waals surface area (Å²) in [5.41, 5.74) is 3.21. The zero-order valence-corrected chi connectivity index (χ0v) is 16.1. The van der Waals surface area contributed by atoms with Crippen LogP contribution in [-0.4, -0.2) is 25.8 Å². The van der Waals surface area contributed by atoms with Crippen LogP contribution in [-0.2, 0) is 17.8 Å². The Hall–Kier alpha value is -2.96. The van der Waals surface area contributed by atoms with Gasteiger partial charge in [0.25, 0.3) is 0 Å². The Morgan fingerprint density at radius 1 is 1.32 bits per heavy atom. The van der Waals surface area contributed by atoms with Crippen LogP contribution in [0.2, 0.25) is 0 Å². The summed E-state index contributed by atoms with van der Waals surface area (Å²) in [5.74, 6) is 1.77. The van der Waals surface area contributed by atoms with E-state index in [1.165, 1.54) is 12.8 Å². The van der Waals surface area contributed by atoms with E-state index in [4.69, 9.17) is 4.52 Å². The number of rotatable bonds is 7. The normalized spacial score (nSPS) is 14.5. The molecule has 0 unspecified atom stereocenters. The van der Waals surface area contributed by atoms with Gasteiger partial charge in [0.2, 0.25) is 11.8 Å². The molecule has 1 saturated carbocycles. The smallest absolute Gasteiger partial charge is 0.227 e. The minimum atomic E-state index is -0.0174. The van der Waals surface area contributed by atoms with Crippen LogP contribution < -0.4 is 5.32 Å². The minimum absolute atomic E-state index is 0.0174. The summed E-state index contributed by atoms with van der Waals surface area (Å²) in [6.07, 6.45) is 9.23. The fraction of sp³-hybridized carbons (Fsp3) is 0.429. The standard InChI is InChI=1S/C21H25N5O2/c1-15-13-18(26-12-4-11-23-26)8-7-17(15)14-22-19(27)9-10-20-24-21(25-28-20)16-5-2-3-6-16/h4,7-8,11-13,16H,2-3,5-6,9-10,14H2,1H3,(H,22,27). The monoisotopic (exact) mass is 379 g/mol. The Balaban J connectivity index is 1.26. The van der Waals surface area contributed by atoms with E-state index < -0.39 is 0 Å². The molecule has 0 spiro atoms. The molecule has 3 aromatic rings. The molecule has 1 amide bonds.